The Kier molecular flexibility index (Phi) is 54.6. The van der Waals surface area contributed by atoms with E-state index < -0.39 is 21.4 Å². The van der Waals surface area contributed by atoms with Crippen LogP contribution in [0.1, 0.15) is 0 Å². The molecule has 0 fully saturated rings. The van der Waals surface area contributed by atoms with Crippen LogP contribution in [0.3, 0.4) is 0 Å². The SMILES string of the molecule is [K+].[K+].[K+].[K+].[K+].[K+].[O-]B([O-])c1ccn[nH]1.[O-]B([O-])c1ccn[nH]1.[O-]B([O-])c1ccn[nH]1. The zero-order valence-electron chi connectivity index (χ0n) is 18.0. The summed E-state index contributed by atoms with van der Waals surface area (Å²) in [5.74, 6) is 0. The molecule has 0 bridgehead atoms. The molecular formula is C9H9B3K6N6O6. The molecule has 0 saturated carbocycles. The van der Waals surface area contributed by atoms with Crippen molar-refractivity contribution in [2.45, 2.75) is 0 Å². The number of hydrogen-bond acceptors (Lipinski definition) is 9. The predicted molar refractivity (Wildman–Crippen MR) is 71.9 cm³/mol. The zero-order valence-corrected chi connectivity index (χ0v) is 36.7. The van der Waals surface area contributed by atoms with Gasteiger partial charge in [0.2, 0.25) is 0 Å². The minimum absolute atomic E-state index is 0. The second-order valence-corrected chi connectivity index (χ2v) is 4.03. The van der Waals surface area contributed by atoms with Crippen LogP contribution in [0.25, 0.3) is 0 Å². The van der Waals surface area contributed by atoms with E-state index in [9.17, 15) is 30.1 Å². The molecule has 0 saturated heterocycles. The Morgan fingerprint density at radius 3 is 0.733 bits per heavy atom. The summed E-state index contributed by atoms with van der Waals surface area (Å²) >= 11 is 0. The zero-order chi connectivity index (χ0) is 17.9. The third-order valence-corrected chi connectivity index (χ3v) is 2.33. The Morgan fingerprint density at radius 1 is 0.467 bits per heavy atom. The van der Waals surface area contributed by atoms with Crippen molar-refractivity contribution in [2.24, 2.45) is 0 Å². The molecule has 0 spiro atoms. The summed E-state index contributed by atoms with van der Waals surface area (Å²) in [6, 6.07) is 4.10. The van der Waals surface area contributed by atoms with Crippen LogP contribution in [0.4, 0.5) is 0 Å². The van der Waals surface area contributed by atoms with Crippen LogP contribution >= 0.6 is 0 Å². The molecule has 3 heterocycles. The third-order valence-electron chi connectivity index (χ3n) is 2.33. The molecular weight excluding hydrogens is 555 g/mol. The molecule has 3 rings (SSSR count). The smallest absolute Gasteiger partial charge is 0.888 e. The number of nitrogens with one attached hydrogen (secondary N) is 3. The fraction of sp³-hybridized carbons (Fsp3) is 0. The van der Waals surface area contributed by atoms with Crippen molar-refractivity contribution in [3.63, 3.8) is 0 Å². The average Bonchev–Trinajstić information content (AvgIpc) is 3.29. The summed E-state index contributed by atoms with van der Waals surface area (Å²) in [4.78, 5) is 0. The number of rotatable bonds is 3. The molecule has 0 aromatic carbocycles. The fourth-order valence-corrected chi connectivity index (χ4v) is 1.19. The molecule has 0 radical (unpaired) electrons. The summed E-state index contributed by atoms with van der Waals surface area (Å²) in [6.07, 6.45) is 4.12. The van der Waals surface area contributed by atoms with Crippen LogP contribution in [-0.2, 0) is 0 Å². The molecule has 21 heteroatoms. The van der Waals surface area contributed by atoms with Crippen LogP contribution in [0.5, 0.6) is 0 Å². The first-order valence-electron chi connectivity index (χ1n) is 6.34. The maximum atomic E-state index is 9.96. The molecule has 0 aliphatic carbocycles. The van der Waals surface area contributed by atoms with E-state index in [1.165, 1.54) is 36.8 Å². The molecule has 30 heavy (non-hydrogen) atoms. The summed E-state index contributed by atoms with van der Waals surface area (Å²) in [5, 5.41) is 76.8. The van der Waals surface area contributed by atoms with E-state index >= 15 is 0 Å². The molecule has 0 unspecified atom stereocenters. The van der Waals surface area contributed by atoms with Gasteiger partial charge in [0.25, 0.3) is 0 Å². The first-order valence-corrected chi connectivity index (χ1v) is 6.34. The average molecular weight is 564 g/mol. The molecule has 126 valence electrons. The van der Waals surface area contributed by atoms with Crippen LogP contribution in [0.15, 0.2) is 36.8 Å². The first-order chi connectivity index (χ1) is 11.4. The van der Waals surface area contributed by atoms with Gasteiger partial charge in [0, 0.05) is 18.6 Å². The van der Waals surface area contributed by atoms with E-state index in [2.05, 4.69) is 30.6 Å². The fourth-order valence-electron chi connectivity index (χ4n) is 1.19. The molecule has 0 aliphatic rings. The summed E-state index contributed by atoms with van der Waals surface area (Å²) in [7, 11) is -5.80. The van der Waals surface area contributed by atoms with E-state index in [4.69, 9.17) is 0 Å². The van der Waals surface area contributed by atoms with Gasteiger partial charge in [-0.05, 0) is 56.3 Å². The maximum Gasteiger partial charge on any atom is 1.00 e. The Labute approximate surface area is 430 Å². The number of hydrogen-bond donors (Lipinski definition) is 3. The van der Waals surface area contributed by atoms with Crippen molar-refractivity contribution in [1.82, 2.24) is 30.6 Å². The van der Waals surface area contributed by atoms with Gasteiger partial charge in [-0.2, -0.15) is 15.3 Å². The predicted octanol–water partition coefficient (Wildman–Crippen LogP) is -27.5. The quantitative estimate of drug-likeness (QED) is 0.257. The van der Waals surface area contributed by atoms with Gasteiger partial charge >= 0.3 is 308 Å². The van der Waals surface area contributed by atoms with E-state index in [1.54, 1.807) is 0 Å². The molecule has 3 aromatic heterocycles. The minimum atomic E-state index is -1.93. The van der Waals surface area contributed by atoms with Gasteiger partial charge in [0.1, 0.15) is 0 Å². The largest absolute Gasteiger partial charge is 1.00 e. The van der Waals surface area contributed by atoms with E-state index in [0.29, 0.717) is 0 Å². The molecule has 3 N–H and O–H groups in total. The van der Waals surface area contributed by atoms with Crippen molar-refractivity contribution < 1.29 is 338 Å². The maximum absolute atomic E-state index is 9.96. The van der Waals surface area contributed by atoms with Gasteiger partial charge in [-0.1, -0.05) is 0 Å². The van der Waals surface area contributed by atoms with Gasteiger partial charge in [0.05, 0.1) is 0 Å². The van der Waals surface area contributed by atoms with Gasteiger partial charge in [0.15, 0.2) is 0 Å². The van der Waals surface area contributed by atoms with Crippen LogP contribution < -0.4 is 355 Å². The molecule has 0 atom stereocenters. The Bertz CT molecular complexity index is 564. The Morgan fingerprint density at radius 2 is 0.667 bits per heavy atom. The monoisotopic (exact) mass is 564 g/mol. The number of nitrogens with zero attached hydrogens (tertiary/aromatic N) is 3. The second-order valence-electron chi connectivity index (χ2n) is 4.03. The first kappa shape index (κ1) is 50.3. The van der Waals surface area contributed by atoms with Crippen LogP contribution in [0, 0.1) is 0 Å². The van der Waals surface area contributed by atoms with Crippen LogP contribution in [0.2, 0.25) is 0 Å². The normalized spacial score (nSPS) is 7.40. The van der Waals surface area contributed by atoms with Crippen molar-refractivity contribution in [3.8, 4) is 0 Å². The standard InChI is InChI=1S/3C3H3BN2O2.6K/c3*7-4(8)3-1-2-5-6-3;;;;;;/h3*1-2H,(H,5,6);;;;;;/q3*-2;6*+1. The summed E-state index contributed by atoms with van der Waals surface area (Å²) < 4.78 is 0. The van der Waals surface area contributed by atoms with Gasteiger partial charge in [-0.15, -0.1) is 0 Å². The van der Waals surface area contributed by atoms with E-state index in [0.717, 1.165) is 0 Å². The van der Waals surface area contributed by atoms with Gasteiger partial charge in [-0.3, -0.25) is 15.3 Å². The van der Waals surface area contributed by atoms with E-state index in [1.807, 2.05) is 0 Å². The second kappa shape index (κ2) is 32.6. The number of aromatic nitrogens is 6. The molecule has 12 nitrogen and oxygen atoms in total. The summed E-state index contributed by atoms with van der Waals surface area (Å²) in [6.45, 7) is 0. The van der Waals surface area contributed by atoms with E-state index in [-0.39, 0.29) is 325 Å². The summed E-state index contributed by atoms with van der Waals surface area (Å²) in [5.41, 5.74) is 0.264. The number of H-pyrrole nitrogens is 3. The van der Waals surface area contributed by atoms with Gasteiger partial charge in [-0.25, -0.2) is 0 Å². The van der Waals surface area contributed by atoms with Crippen molar-refractivity contribution in [1.29, 1.82) is 0 Å². The van der Waals surface area contributed by atoms with Gasteiger partial charge < -0.3 is 30.1 Å². The van der Waals surface area contributed by atoms with Crippen LogP contribution in [-0.4, -0.2) is 51.9 Å². The molecule has 0 aliphatic heterocycles. The van der Waals surface area contributed by atoms with Crippen molar-refractivity contribution in [3.05, 3.63) is 36.8 Å². The number of aromatic amines is 3. The minimum Gasteiger partial charge on any atom is -0.888 e. The molecule has 3 aromatic rings. The third kappa shape index (κ3) is 25.7. The van der Waals surface area contributed by atoms with Crippen molar-refractivity contribution >= 4 is 38.1 Å². The molecule has 0 amide bonds. The topological polar surface area (TPSA) is 224 Å². The van der Waals surface area contributed by atoms with Crippen molar-refractivity contribution in [2.75, 3.05) is 0 Å². The Balaban J connectivity index is -0.0000000655. The Hall–Kier alpha value is 7.40.